The Morgan fingerprint density at radius 3 is 2.58 bits per heavy atom. The van der Waals surface area contributed by atoms with Crippen LogP contribution in [-0.4, -0.2) is 65.4 Å². The molecule has 0 saturated carbocycles. The second-order valence-corrected chi connectivity index (χ2v) is 8.70. The van der Waals surface area contributed by atoms with Gasteiger partial charge in [0.25, 0.3) is 11.7 Å². The number of aryl methyl sites for hydroxylation is 2. The number of H-pyrrole nitrogens is 1. The lowest BCUT2D eigenvalue weighted by molar-refractivity contribution is -0.139. The fourth-order valence-corrected chi connectivity index (χ4v) is 4.34. The molecule has 176 valence electrons. The van der Waals surface area contributed by atoms with E-state index in [1.165, 1.54) is 0 Å². The van der Waals surface area contributed by atoms with Crippen LogP contribution < -0.4 is 4.74 Å². The number of hydrogen-bond acceptors (Lipinski definition) is 5. The van der Waals surface area contributed by atoms with Crippen LogP contribution >= 0.6 is 0 Å². The molecule has 1 aromatic carbocycles. The van der Waals surface area contributed by atoms with Crippen molar-refractivity contribution in [2.75, 3.05) is 33.8 Å². The van der Waals surface area contributed by atoms with Gasteiger partial charge in [-0.15, -0.1) is 0 Å². The largest absolute Gasteiger partial charge is 0.507 e. The summed E-state index contributed by atoms with van der Waals surface area (Å²) < 4.78 is 5.68. The number of amides is 1. The number of ether oxygens (including phenoxy) is 1. The summed E-state index contributed by atoms with van der Waals surface area (Å²) in [6, 6.07) is 6.60. The summed E-state index contributed by atoms with van der Waals surface area (Å²) in [5, 5.41) is 11.4. The first kappa shape index (κ1) is 24.3. The maximum Gasteiger partial charge on any atom is 0.295 e. The molecule has 1 fully saturated rings. The van der Waals surface area contributed by atoms with Gasteiger partial charge in [0.1, 0.15) is 18.1 Å². The van der Waals surface area contributed by atoms with Crippen molar-refractivity contribution in [3.63, 3.8) is 0 Å². The zero-order chi connectivity index (χ0) is 24.3. The summed E-state index contributed by atoms with van der Waals surface area (Å²) in [6.45, 7) is 10.8. The van der Waals surface area contributed by atoms with Crippen LogP contribution in [0.2, 0.25) is 0 Å². The number of carbonyl (C=O) groups is 2. The molecule has 0 radical (unpaired) electrons. The van der Waals surface area contributed by atoms with Gasteiger partial charge in [-0.05, 0) is 71.1 Å². The van der Waals surface area contributed by atoms with Crippen molar-refractivity contribution in [3.05, 3.63) is 70.6 Å². The third kappa shape index (κ3) is 4.88. The van der Waals surface area contributed by atoms with Gasteiger partial charge >= 0.3 is 0 Å². The van der Waals surface area contributed by atoms with Crippen LogP contribution in [0.15, 0.2) is 42.5 Å². The number of aromatic nitrogens is 1. The van der Waals surface area contributed by atoms with Crippen molar-refractivity contribution in [1.82, 2.24) is 14.8 Å². The molecule has 1 amide bonds. The minimum atomic E-state index is -0.701. The molecule has 2 N–H and O–H groups in total. The molecule has 0 aliphatic carbocycles. The Kier molecular flexibility index (Phi) is 7.43. The molecule has 33 heavy (non-hydrogen) atoms. The van der Waals surface area contributed by atoms with E-state index in [4.69, 9.17) is 4.74 Å². The first-order chi connectivity index (χ1) is 15.7. The van der Waals surface area contributed by atoms with E-state index < -0.39 is 17.7 Å². The predicted molar refractivity (Wildman–Crippen MR) is 129 cm³/mol. The quantitative estimate of drug-likeness (QED) is 0.262. The van der Waals surface area contributed by atoms with Gasteiger partial charge in [-0.25, -0.2) is 0 Å². The number of likely N-dealkylation sites (tertiary alicyclic amines) is 1. The number of hydrogen-bond donors (Lipinski definition) is 2. The minimum absolute atomic E-state index is 0.107. The Bertz CT molecular complexity index is 1100. The summed E-state index contributed by atoms with van der Waals surface area (Å²) >= 11 is 0. The molecular weight excluding hydrogens is 418 g/mol. The smallest absolute Gasteiger partial charge is 0.295 e. The zero-order valence-electron chi connectivity index (χ0n) is 20.1. The van der Waals surface area contributed by atoms with Crippen molar-refractivity contribution < 1.29 is 19.4 Å². The third-order valence-electron chi connectivity index (χ3n) is 6.01. The summed E-state index contributed by atoms with van der Waals surface area (Å²) in [5.41, 5.74) is 3.91. The molecule has 2 aromatic rings. The van der Waals surface area contributed by atoms with E-state index in [0.717, 1.165) is 23.5 Å². The molecular formula is C26H33N3O4. The van der Waals surface area contributed by atoms with Crippen molar-refractivity contribution in [2.45, 2.75) is 33.2 Å². The summed E-state index contributed by atoms with van der Waals surface area (Å²) in [6.07, 6.45) is 2.35. The van der Waals surface area contributed by atoms with E-state index >= 15 is 0 Å². The number of aliphatic hydroxyl groups is 1. The van der Waals surface area contributed by atoms with Crippen molar-refractivity contribution in [2.24, 2.45) is 0 Å². The van der Waals surface area contributed by atoms with Crippen LogP contribution in [-0.2, 0) is 9.59 Å². The zero-order valence-corrected chi connectivity index (χ0v) is 20.1. The molecule has 1 aromatic heterocycles. The highest BCUT2D eigenvalue weighted by atomic mass is 16.5. The molecule has 2 heterocycles. The fraction of sp³-hybridized carbons (Fsp3) is 0.385. The molecule has 7 heteroatoms. The second-order valence-electron chi connectivity index (χ2n) is 8.70. The number of rotatable bonds is 9. The molecule has 3 rings (SSSR count). The fourth-order valence-electron chi connectivity index (χ4n) is 4.34. The molecule has 1 unspecified atom stereocenters. The number of aromatic amines is 1. The highest BCUT2D eigenvalue weighted by Crippen LogP contribution is 2.41. The molecule has 7 nitrogen and oxygen atoms in total. The van der Waals surface area contributed by atoms with E-state index in [2.05, 4.69) is 11.6 Å². The van der Waals surface area contributed by atoms with E-state index in [1.807, 2.05) is 64.0 Å². The van der Waals surface area contributed by atoms with Gasteiger partial charge in [-0.3, -0.25) is 9.59 Å². The average molecular weight is 452 g/mol. The van der Waals surface area contributed by atoms with Gasteiger partial charge in [0.15, 0.2) is 0 Å². The molecule has 0 bridgehead atoms. The van der Waals surface area contributed by atoms with Crippen molar-refractivity contribution in [3.8, 4) is 5.75 Å². The summed E-state index contributed by atoms with van der Waals surface area (Å²) in [5.74, 6) is -0.806. The van der Waals surface area contributed by atoms with Gasteiger partial charge in [-0.2, -0.15) is 0 Å². The SMILES string of the molecule is C=CCOc1cccc(C2/C(=C(\O)c3c(C)[nH]c(C)c3C)C(=O)C(=O)N2CCCN(C)C)c1. The first-order valence-electron chi connectivity index (χ1n) is 11.1. The maximum atomic E-state index is 13.2. The van der Waals surface area contributed by atoms with Crippen LogP contribution in [0.1, 0.15) is 40.5 Å². The number of ketones is 1. The molecule has 1 saturated heterocycles. The number of carbonyl (C=O) groups excluding carboxylic acids is 2. The van der Waals surface area contributed by atoms with Crippen molar-refractivity contribution >= 4 is 17.4 Å². The van der Waals surface area contributed by atoms with E-state index in [-0.39, 0.29) is 11.3 Å². The second kappa shape index (κ2) is 10.1. The van der Waals surface area contributed by atoms with Gasteiger partial charge in [-0.1, -0.05) is 24.8 Å². The normalized spacial score (nSPS) is 17.8. The highest BCUT2D eigenvalue weighted by Gasteiger charge is 2.46. The van der Waals surface area contributed by atoms with E-state index in [9.17, 15) is 14.7 Å². The summed E-state index contributed by atoms with van der Waals surface area (Å²) in [4.78, 5) is 33.1. The highest BCUT2D eigenvalue weighted by molar-refractivity contribution is 6.46. The number of nitrogens with zero attached hydrogens (tertiary/aromatic N) is 2. The van der Waals surface area contributed by atoms with Crippen LogP contribution in [0.5, 0.6) is 5.75 Å². The summed E-state index contributed by atoms with van der Waals surface area (Å²) in [7, 11) is 3.93. The monoisotopic (exact) mass is 451 g/mol. The minimum Gasteiger partial charge on any atom is -0.507 e. The molecule has 1 atom stereocenters. The topological polar surface area (TPSA) is 85.9 Å². The van der Waals surface area contributed by atoms with Gasteiger partial charge in [0.2, 0.25) is 0 Å². The number of nitrogens with one attached hydrogen (secondary N) is 1. The third-order valence-corrected chi connectivity index (χ3v) is 6.01. The lowest BCUT2D eigenvalue weighted by Crippen LogP contribution is -2.32. The Morgan fingerprint density at radius 1 is 1.24 bits per heavy atom. The molecule has 1 aliphatic rings. The average Bonchev–Trinajstić information content (AvgIpc) is 3.17. The number of aliphatic hydroxyl groups excluding tert-OH is 1. The van der Waals surface area contributed by atoms with Crippen LogP contribution in [0.3, 0.4) is 0 Å². The molecule has 0 spiro atoms. The van der Waals surface area contributed by atoms with Gasteiger partial charge < -0.3 is 24.6 Å². The lowest BCUT2D eigenvalue weighted by atomic mass is 9.94. The molecule has 1 aliphatic heterocycles. The van der Waals surface area contributed by atoms with Gasteiger partial charge in [0, 0.05) is 23.5 Å². The number of benzene rings is 1. The van der Waals surface area contributed by atoms with E-state index in [0.29, 0.717) is 36.4 Å². The first-order valence-corrected chi connectivity index (χ1v) is 11.1. The van der Waals surface area contributed by atoms with Gasteiger partial charge in [0.05, 0.1) is 11.6 Å². The van der Waals surface area contributed by atoms with Crippen molar-refractivity contribution in [1.29, 1.82) is 0 Å². The van der Waals surface area contributed by atoms with Crippen LogP contribution in [0.4, 0.5) is 0 Å². The maximum absolute atomic E-state index is 13.2. The Balaban J connectivity index is 2.15. The lowest BCUT2D eigenvalue weighted by Gasteiger charge is -2.26. The predicted octanol–water partition coefficient (Wildman–Crippen LogP) is 3.88. The number of Topliss-reactive ketones (excluding diaryl/α,β-unsaturated/α-hetero) is 1. The standard InChI is InChI=1S/C26H33N3O4/c1-7-14-33-20-11-8-10-19(15-20)23-22(24(30)21-16(2)17(3)27-18(21)4)25(31)26(32)29(23)13-9-12-28(5)6/h7-8,10-11,15,23,27,30H,1,9,12-14H2,2-6H3/b24-22+. The van der Waals surface area contributed by atoms with Crippen LogP contribution in [0.25, 0.3) is 5.76 Å². The Labute approximate surface area is 195 Å². The van der Waals surface area contributed by atoms with Crippen LogP contribution in [0, 0.1) is 20.8 Å². The Morgan fingerprint density at radius 2 is 1.97 bits per heavy atom. The van der Waals surface area contributed by atoms with E-state index in [1.54, 1.807) is 11.0 Å². The Hall–Kier alpha value is -3.32.